The van der Waals surface area contributed by atoms with E-state index < -0.39 is 0 Å². The van der Waals surface area contributed by atoms with Crippen LogP contribution in [0.4, 0.5) is 0 Å². The van der Waals surface area contributed by atoms with Gasteiger partial charge in [0.05, 0.1) is 12.1 Å². The van der Waals surface area contributed by atoms with Crippen LogP contribution < -0.4 is 0 Å². The summed E-state index contributed by atoms with van der Waals surface area (Å²) in [6.07, 6.45) is 1.41. The number of rotatable bonds is 5. The number of hydrogen-bond acceptors (Lipinski definition) is 2. The lowest BCUT2D eigenvalue weighted by Crippen LogP contribution is -2.09. The quantitative estimate of drug-likeness (QED) is 0.770. The van der Waals surface area contributed by atoms with Gasteiger partial charge in [-0.2, -0.15) is 5.10 Å². The summed E-state index contributed by atoms with van der Waals surface area (Å²) in [7, 11) is 0. The van der Waals surface area contributed by atoms with Crippen LogP contribution in [0.5, 0.6) is 0 Å². The summed E-state index contributed by atoms with van der Waals surface area (Å²) in [6, 6.07) is 9.87. The largest absolute Gasteiger partial charge is 0.294 e. The molecule has 0 aliphatic rings. The van der Waals surface area contributed by atoms with Gasteiger partial charge >= 0.3 is 0 Å². The molecule has 1 heterocycles. The van der Waals surface area contributed by atoms with Crippen LogP contribution in [0, 0.1) is 6.92 Å². The van der Waals surface area contributed by atoms with E-state index in [1.54, 1.807) is 0 Å². The summed E-state index contributed by atoms with van der Waals surface area (Å²) in [4.78, 5) is 12.3. The Morgan fingerprint density at radius 1 is 1.21 bits per heavy atom. The van der Waals surface area contributed by atoms with E-state index in [0.717, 1.165) is 29.9 Å². The van der Waals surface area contributed by atoms with Gasteiger partial charge < -0.3 is 0 Å². The molecular weight excluding hydrogens is 236 g/mol. The lowest BCUT2D eigenvalue weighted by Gasteiger charge is -2.05. The molecule has 1 aromatic heterocycles. The third-order valence-corrected chi connectivity index (χ3v) is 3.31. The highest BCUT2D eigenvalue weighted by Gasteiger charge is 2.11. The van der Waals surface area contributed by atoms with Gasteiger partial charge in [0.15, 0.2) is 5.78 Å². The molecule has 0 aliphatic heterocycles. The van der Waals surface area contributed by atoms with Crippen LogP contribution in [-0.4, -0.2) is 15.6 Å². The molecule has 2 aromatic rings. The van der Waals surface area contributed by atoms with Crippen LogP contribution >= 0.6 is 0 Å². The third-order valence-electron chi connectivity index (χ3n) is 3.31. The molecule has 0 spiro atoms. The highest BCUT2D eigenvalue weighted by Crippen LogP contribution is 2.11. The summed E-state index contributed by atoms with van der Waals surface area (Å²) in [5.41, 5.74) is 3.99. The number of Topliss-reactive ketones (excluding diaryl/α,β-unsaturated/α-hetero) is 1. The Hall–Kier alpha value is -1.90. The molecule has 2 rings (SSSR count). The standard InChI is InChI=1S/C16H20N2O/c1-4-13-6-8-14(9-7-13)16(19)11-15-10-12(3)17-18(15)5-2/h6-10H,4-5,11H2,1-3H3. The molecule has 0 atom stereocenters. The Labute approximate surface area is 114 Å². The highest BCUT2D eigenvalue weighted by molar-refractivity contribution is 5.97. The van der Waals surface area contributed by atoms with Crippen molar-refractivity contribution in [2.24, 2.45) is 0 Å². The summed E-state index contributed by atoms with van der Waals surface area (Å²) < 4.78 is 1.90. The van der Waals surface area contributed by atoms with Crippen molar-refractivity contribution in [1.29, 1.82) is 0 Å². The molecular formula is C16H20N2O. The second-order valence-corrected chi connectivity index (χ2v) is 4.74. The normalized spacial score (nSPS) is 10.7. The highest BCUT2D eigenvalue weighted by atomic mass is 16.1. The minimum absolute atomic E-state index is 0.150. The van der Waals surface area contributed by atoms with E-state index in [2.05, 4.69) is 12.0 Å². The first-order valence-corrected chi connectivity index (χ1v) is 6.79. The average Bonchev–Trinajstić information content (AvgIpc) is 2.78. The fourth-order valence-corrected chi connectivity index (χ4v) is 2.21. The summed E-state index contributed by atoms with van der Waals surface area (Å²) in [5.74, 6) is 0.150. The number of aryl methyl sites for hydroxylation is 3. The molecule has 0 radical (unpaired) electrons. The van der Waals surface area contributed by atoms with Crippen molar-refractivity contribution < 1.29 is 4.79 Å². The molecule has 3 nitrogen and oxygen atoms in total. The molecule has 3 heteroatoms. The first kappa shape index (κ1) is 13.5. The predicted molar refractivity (Wildman–Crippen MR) is 76.5 cm³/mol. The second-order valence-electron chi connectivity index (χ2n) is 4.74. The van der Waals surface area contributed by atoms with Crippen molar-refractivity contribution in [2.45, 2.75) is 40.2 Å². The van der Waals surface area contributed by atoms with E-state index in [0.29, 0.717) is 6.42 Å². The number of hydrogen-bond donors (Lipinski definition) is 0. The molecule has 0 saturated carbocycles. The zero-order valence-corrected chi connectivity index (χ0v) is 11.8. The topological polar surface area (TPSA) is 34.9 Å². The van der Waals surface area contributed by atoms with Gasteiger partial charge in [0, 0.05) is 17.8 Å². The maximum absolute atomic E-state index is 12.3. The van der Waals surface area contributed by atoms with Crippen molar-refractivity contribution >= 4 is 5.78 Å². The molecule has 0 aliphatic carbocycles. The molecule has 0 N–H and O–H groups in total. The number of aromatic nitrogens is 2. The monoisotopic (exact) mass is 256 g/mol. The van der Waals surface area contributed by atoms with Crippen LogP contribution in [-0.2, 0) is 19.4 Å². The molecule has 0 fully saturated rings. The Balaban J connectivity index is 2.15. The van der Waals surface area contributed by atoms with E-state index in [1.165, 1.54) is 5.56 Å². The molecule has 0 bridgehead atoms. The number of carbonyl (C=O) groups is 1. The molecule has 0 saturated heterocycles. The van der Waals surface area contributed by atoms with Crippen LogP contribution in [0.15, 0.2) is 30.3 Å². The lowest BCUT2D eigenvalue weighted by molar-refractivity contribution is 0.0990. The van der Waals surface area contributed by atoms with Gasteiger partial charge in [-0.15, -0.1) is 0 Å². The van der Waals surface area contributed by atoms with Crippen LogP contribution in [0.3, 0.4) is 0 Å². The fourth-order valence-electron chi connectivity index (χ4n) is 2.21. The van der Waals surface area contributed by atoms with Crippen molar-refractivity contribution in [3.63, 3.8) is 0 Å². The summed E-state index contributed by atoms with van der Waals surface area (Å²) >= 11 is 0. The van der Waals surface area contributed by atoms with Crippen molar-refractivity contribution in [1.82, 2.24) is 9.78 Å². The smallest absolute Gasteiger partial charge is 0.168 e. The molecule has 19 heavy (non-hydrogen) atoms. The van der Waals surface area contributed by atoms with Gasteiger partial charge in [-0.05, 0) is 31.9 Å². The fraction of sp³-hybridized carbons (Fsp3) is 0.375. The van der Waals surface area contributed by atoms with Crippen LogP contribution in [0.2, 0.25) is 0 Å². The lowest BCUT2D eigenvalue weighted by atomic mass is 10.0. The number of ketones is 1. The SMILES string of the molecule is CCc1ccc(C(=O)Cc2cc(C)nn2CC)cc1. The molecule has 100 valence electrons. The summed E-state index contributed by atoms with van der Waals surface area (Å²) in [5, 5.41) is 4.37. The van der Waals surface area contributed by atoms with Gasteiger partial charge in [0.2, 0.25) is 0 Å². The van der Waals surface area contributed by atoms with Gasteiger partial charge in [-0.25, -0.2) is 0 Å². The molecule has 0 amide bonds. The van der Waals surface area contributed by atoms with Gasteiger partial charge in [-0.3, -0.25) is 9.48 Å². The maximum atomic E-state index is 12.3. The maximum Gasteiger partial charge on any atom is 0.168 e. The van der Waals surface area contributed by atoms with Gasteiger partial charge in [0.1, 0.15) is 0 Å². The number of carbonyl (C=O) groups excluding carboxylic acids is 1. The molecule has 0 unspecified atom stereocenters. The predicted octanol–water partition coefficient (Wildman–Crippen LogP) is 3.20. The van der Waals surface area contributed by atoms with Crippen molar-refractivity contribution in [3.8, 4) is 0 Å². The van der Waals surface area contributed by atoms with Crippen molar-refractivity contribution in [2.75, 3.05) is 0 Å². The Kier molecular flexibility index (Phi) is 4.15. The second kappa shape index (κ2) is 5.83. The Morgan fingerprint density at radius 2 is 1.89 bits per heavy atom. The van der Waals surface area contributed by atoms with Crippen molar-refractivity contribution in [3.05, 3.63) is 52.8 Å². The van der Waals surface area contributed by atoms with E-state index in [-0.39, 0.29) is 5.78 Å². The zero-order valence-electron chi connectivity index (χ0n) is 11.8. The number of nitrogens with zero attached hydrogens (tertiary/aromatic N) is 2. The van der Waals surface area contributed by atoms with E-state index >= 15 is 0 Å². The van der Waals surface area contributed by atoms with E-state index in [4.69, 9.17) is 0 Å². The summed E-state index contributed by atoms with van der Waals surface area (Å²) in [6.45, 7) is 6.90. The number of benzene rings is 1. The zero-order chi connectivity index (χ0) is 13.8. The minimum atomic E-state index is 0.150. The van der Waals surface area contributed by atoms with E-state index in [1.807, 2.05) is 48.9 Å². The van der Waals surface area contributed by atoms with Crippen LogP contribution in [0.25, 0.3) is 0 Å². The van der Waals surface area contributed by atoms with Gasteiger partial charge in [0.25, 0.3) is 0 Å². The Morgan fingerprint density at radius 3 is 2.47 bits per heavy atom. The average molecular weight is 256 g/mol. The van der Waals surface area contributed by atoms with Gasteiger partial charge in [-0.1, -0.05) is 31.2 Å². The first-order chi connectivity index (χ1) is 9.13. The van der Waals surface area contributed by atoms with Crippen LogP contribution in [0.1, 0.15) is 41.2 Å². The Bertz CT molecular complexity index is 567. The molecule has 1 aromatic carbocycles. The third kappa shape index (κ3) is 3.11. The van der Waals surface area contributed by atoms with E-state index in [9.17, 15) is 4.79 Å². The first-order valence-electron chi connectivity index (χ1n) is 6.79. The minimum Gasteiger partial charge on any atom is -0.294 e.